The van der Waals surface area contributed by atoms with Crippen molar-refractivity contribution in [3.63, 3.8) is 0 Å². The monoisotopic (exact) mass is 470 g/mol. The third kappa shape index (κ3) is 5.33. The summed E-state index contributed by atoms with van der Waals surface area (Å²) in [6.07, 6.45) is 1.73. The summed E-state index contributed by atoms with van der Waals surface area (Å²) < 4.78 is 16.8. The first kappa shape index (κ1) is 24.3. The van der Waals surface area contributed by atoms with Crippen LogP contribution in [0.4, 0.5) is 0 Å². The SMILES string of the molecule is C[C@H](N[S+]([O-])C(C)(C)C)c1cc(=O)n(C)cc1-c1ccccc1C(=O)c1ccc(Cl)cc1. The van der Waals surface area contributed by atoms with Crippen molar-refractivity contribution < 1.29 is 9.35 Å². The molecule has 0 saturated heterocycles. The molecular formula is C25H27ClN2O3S. The maximum atomic E-state index is 13.3. The van der Waals surface area contributed by atoms with Gasteiger partial charge in [0.15, 0.2) is 5.78 Å². The minimum atomic E-state index is -1.33. The topological polar surface area (TPSA) is 74.2 Å². The second kappa shape index (κ2) is 9.63. The zero-order valence-corrected chi connectivity index (χ0v) is 20.4. The largest absolute Gasteiger partial charge is 0.598 e. The zero-order valence-electron chi connectivity index (χ0n) is 18.8. The van der Waals surface area contributed by atoms with Gasteiger partial charge in [0.25, 0.3) is 5.56 Å². The van der Waals surface area contributed by atoms with Gasteiger partial charge >= 0.3 is 0 Å². The first-order chi connectivity index (χ1) is 15.0. The summed E-state index contributed by atoms with van der Waals surface area (Å²) in [7, 11) is 1.67. The number of carbonyl (C=O) groups excluding carboxylic acids is 1. The molecule has 1 unspecified atom stereocenters. The average Bonchev–Trinajstić information content (AvgIpc) is 2.74. The number of rotatable bonds is 6. The van der Waals surface area contributed by atoms with Gasteiger partial charge in [-0.3, -0.25) is 9.59 Å². The number of nitrogens with one attached hydrogen (secondary N) is 1. The molecule has 32 heavy (non-hydrogen) atoms. The van der Waals surface area contributed by atoms with Crippen molar-refractivity contribution in [2.24, 2.45) is 7.05 Å². The number of aromatic nitrogens is 1. The van der Waals surface area contributed by atoms with Crippen LogP contribution in [0.3, 0.4) is 0 Å². The van der Waals surface area contributed by atoms with E-state index in [0.717, 1.165) is 5.56 Å². The Bertz CT molecular complexity index is 1180. The van der Waals surface area contributed by atoms with E-state index in [2.05, 4.69) is 4.72 Å². The average molecular weight is 471 g/mol. The fourth-order valence-corrected chi connectivity index (χ4v) is 4.23. The molecule has 0 spiro atoms. The molecule has 1 aromatic heterocycles. The molecule has 0 bridgehead atoms. The lowest BCUT2D eigenvalue weighted by Gasteiger charge is -2.27. The van der Waals surface area contributed by atoms with Gasteiger partial charge in [0.1, 0.15) is 4.75 Å². The second-order valence-electron chi connectivity index (χ2n) is 8.69. The number of benzene rings is 2. The Balaban J connectivity index is 2.12. The molecule has 2 atom stereocenters. The van der Waals surface area contributed by atoms with Crippen LogP contribution in [-0.4, -0.2) is 19.7 Å². The quantitative estimate of drug-likeness (QED) is 0.404. The second-order valence-corrected chi connectivity index (χ2v) is 11.1. The van der Waals surface area contributed by atoms with E-state index in [0.29, 0.717) is 27.3 Å². The fourth-order valence-electron chi connectivity index (χ4n) is 3.30. The molecule has 168 valence electrons. The number of nitrogens with zero attached hydrogens (tertiary/aromatic N) is 1. The summed E-state index contributed by atoms with van der Waals surface area (Å²) in [5.41, 5.74) is 2.97. The number of halogens is 1. The van der Waals surface area contributed by atoms with E-state index in [1.165, 1.54) is 10.6 Å². The fraction of sp³-hybridized carbons (Fsp3) is 0.280. The molecule has 7 heteroatoms. The van der Waals surface area contributed by atoms with Gasteiger partial charge < -0.3 is 9.12 Å². The van der Waals surface area contributed by atoms with Crippen molar-refractivity contribution >= 4 is 28.7 Å². The van der Waals surface area contributed by atoms with Crippen LogP contribution < -0.4 is 10.3 Å². The first-order valence-electron chi connectivity index (χ1n) is 10.3. The molecule has 0 saturated carbocycles. The molecule has 1 heterocycles. The van der Waals surface area contributed by atoms with E-state index >= 15 is 0 Å². The molecule has 3 aromatic rings. The highest BCUT2D eigenvalue weighted by molar-refractivity contribution is 7.90. The van der Waals surface area contributed by atoms with E-state index in [1.54, 1.807) is 43.6 Å². The predicted molar refractivity (Wildman–Crippen MR) is 131 cm³/mol. The van der Waals surface area contributed by atoms with Crippen LogP contribution in [0.15, 0.2) is 65.6 Å². The number of hydrogen-bond donors (Lipinski definition) is 1. The van der Waals surface area contributed by atoms with Crippen molar-refractivity contribution in [2.45, 2.75) is 38.5 Å². The van der Waals surface area contributed by atoms with Gasteiger partial charge in [0.05, 0.1) is 6.04 Å². The molecule has 1 N–H and O–H groups in total. The Labute approximate surface area is 196 Å². The third-order valence-corrected chi connectivity index (χ3v) is 7.07. The van der Waals surface area contributed by atoms with Gasteiger partial charge in [0, 0.05) is 52.4 Å². The third-order valence-electron chi connectivity index (χ3n) is 5.14. The van der Waals surface area contributed by atoms with Crippen molar-refractivity contribution in [1.29, 1.82) is 0 Å². The zero-order chi connectivity index (χ0) is 23.6. The minimum Gasteiger partial charge on any atom is -0.598 e. The van der Waals surface area contributed by atoms with E-state index in [1.807, 2.05) is 45.9 Å². The smallest absolute Gasteiger partial charge is 0.250 e. The molecule has 0 aliphatic carbocycles. The maximum absolute atomic E-state index is 13.3. The molecule has 5 nitrogen and oxygen atoms in total. The number of carbonyl (C=O) groups is 1. The van der Waals surface area contributed by atoms with E-state index < -0.39 is 16.1 Å². The lowest BCUT2D eigenvalue weighted by atomic mass is 9.91. The molecule has 0 radical (unpaired) electrons. The Kier molecular flexibility index (Phi) is 7.30. The predicted octanol–water partition coefficient (Wildman–Crippen LogP) is 5.05. The lowest BCUT2D eigenvalue weighted by molar-refractivity contribution is 0.103. The van der Waals surface area contributed by atoms with E-state index in [-0.39, 0.29) is 17.4 Å². The molecule has 3 rings (SSSR count). The molecule has 0 aliphatic heterocycles. The van der Waals surface area contributed by atoms with Gasteiger partial charge in [-0.1, -0.05) is 35.9 Å². The highest BCUT2D eigenvalue weighted by atomic mass is 35.5. The van der Waals surface area contributed by atoms with Gasteiger partial charge in [-0.25, -0.2) is 0 Å². The van der Waals surface area contributed by atoms with Crippen LogP contribution in [0.5, 0.6) is 0 Å². The van der Waals surface area contributed by atoms with Crippen molar-refractivity contribution in [2.75, 3.05) is 0 Å². The molecule has 0 amide bonds. The lowest BCUT2D eigenvalue weighted by Crippen LogP contribution is -2.41. The normalized spacial score (nSPS) is 13.6. The number of hydrogen-bond acceptors (Lipinski definition) is 4. The first-order valence-corrected chi connectivity index (χ1v) is 11.8. The van der Waals surface area contributed by atoms with Gasteiger partial charge in [0.2, 0.25) is 0 Å². The summed E-state index contributed by atoms with van der Waals surface area (Å²) >= 11 is 4.65. The van der Waals surface area contributed by atoms with Gasteiger partial charge in [-0.2, -0.15) is 0 Å². The molecular weight excluding hydrogens is 444 g/mol. The Hall–Kier alpha value is -2.38. The van der Waals surface area contributed by atoms with Gasteiger partial charge in [-0.05, 0) is 63.1 Å². The number of aryl methyl sites for hydroxylation is 1. The molecule has 0 aliphatic rings. The van der Waals surface area contributed by atoms with E-state index in [4.69, 9.17) is 11.6 Å². The summed E-state index contributed by atoms with van der Waals surface area (Å²) in [4.78, 5) is 25.8. The Morgan fingerprint density at radius 1 is 1.09 bits per heavy atom. The van der Waals surface area contributed by atoms with Gasteiger partial charge in [-0.15, -0.1) is 4.72 Å². The van der Waals surface area contributed by atoms with Crippen LogP contribution in [0, 0.1) is 0 Å². The standard InChI is InChI=1S/C25H27ClN2O3S/c1-16(27-32(31)25(2,3)4)21-14-23(29)28(5)15-22(21)19-8-6-7-9-20(19)24(30)17-10-12-18(26)13-11-17/h6-16,27H,1-5H3/t16-,32?/m0/s1. The highest BCUT2D eigenvalue weighted by Crippen LogP contribution is 2.32. The summed E-state index contributed by atoms with van der Waals surface area (Å²) in [6, 6.07) is 15.2. The van der Waals surface area contributed by atoms with Crippen molar-refractivity contribution in [3.8, 4) is 11.1 Å². The minimum absolute atomic E-state index is 0.143. The van der Waals surface area contributed by atoms with Crippen molar-refractivity contribution in [3.05, 3.63) is 92.9 Å². The Morgan fingerprint density at radius 2 is 1.72 bits per heavy atom. The van der Waals surface area contributed by atoms with Crippen LogP contribution >= 0.6 is 11.6 Å². The summed E-state index contributed by atoms with van der Waals surface area (Å²) in [5.74, 6) is -0.143. The van der Waals surface area contributed by atoms with E-state index in [9.17, 15) is 14.1 Å². The summed E-state index contributed by atoms with van der Waals surface area (Å²) in [6.45, 7) is 7.51. The van der Waals surface area contributed by atoms with Crippen LogP contribution in [0.25, 0.3) is 11.1 Å². The number of pyridine rings is 1. The Morgan fingerprint density at radius 3 is 2.34 bits per heavy atom. The van der Waals surface area contributed by atoms with Crippen LogP contribution in [-0.2, 0) is 18.4 Å². The maximum Gasteiger partial charge on any atom is 0.250 e. The van der Waals surface area contributed by atoms with Crippen LogP contribution in [0.1, 0.15) is 55.2 Å². The summed E-state index contributed by atoms with van der Waals surface area (Å²) in [5, 5.41) is 0.557. The number of ketones is 1. The molecule has 2 aromatic carbocycles. The molecule has 0 fully saturated rings. The highest BCUT2D eigenvalue weighted by Gasteiger charge is 2.30. The van der Waals surface area contributed by atoms with Crippen molar-refractivity contribution in [1.82, 2.24) is 9.29 Å². The van der Waals surface area contributed by atoms with Crippen LogP contribution in [0.2, 0.25) is 5.02 Å².